The normalized spacial score (nSPS) is 13.4. The van der Waals surface area contributed by atoms with E-state index in [0.717, 1.165) is 4.31 Å². The third-order valence-corrected chi connectivity index (χ3v) is 4.40. The Hall–Kier alpha value is -1.51. The van der Waals surface area contributed by atoms with Crippen LogP contribution < -0.4 is 4.72 Å². The molecule has 0 aliphatic carbocycles. The van der Waals surface area contributed by atoms with Gasteiger partial charge in [-0.25, -0.2) is 4.39 Å². The lowest BCUT2D eigenvalue weighted by molar-refractivity contribution is -0.137. The quantitative estimate of drug-likeness (QED) is 0.790. The molecule has 1 aromatic carbocycles. The number of nitrogens with zero attached hydrogens (tertiary/aromatic N) is 1. The molecule has 8 heteroatoms. The minimum Gasteiger partial charge on any atom is -0.481 e. The Labute approximate surface area is 117 Å². The fourth-order valence-corrected chi connectivity index (χ4v) is 2.60. The van der Waals surface area contributed by atoms with E-state index in [1.807, 2.05) is 0 Å². The Morgan fingerprint density at radius 1 is 1.40 bits per heavy atom. The third-order valence-electron chi connectivity index (χ3n) is 2.75. The Kier molecular flexibility index (Phi) is 5.61. The summed E-state index contributed by atoms with van der Waals surface area (Å²) in [6.07, 6.45) is -0.275. The molecule has 112 valence electrons. The maximum absolute atomic E-state index is 12.8. The first kappa shape index (κ1) is 16.5. The maximum Gasteiger partial charge on any atom is 0.304 e. The molecule has 6 nitrogen and oxygen atoms in total. The summed E-state index contributed by atoms with van der Waals surface area (Å²) < 4.78 is 40.0. The van der Waals surface area contributed by atoms with Gasteiger partial charge in [-0.15, -0.1) is 0 Å². The fourth-order valence-electron chi connectivity index (χ4n) is 1.51. The molecule has 0 unspecified atom stereocenters. The number of rotatable bonds is 7. The maximum atomic E-state index is 12.8. The molecule has 0 spiro atoms. The van der Waals surface area contributed by atoms with Gasteiger partial charge in [-0.1, -0.05) is 12.1 Å². The van der Waals surface area contributed by atoms with Crippen molar-refractivity contribution in [3.63, 3.8) is 0 Å². The molecule has 1 rings (SSSR count). The van der Waals surface area contributed by atoms with E-state index in [1.54, 1.807) is 6.92 Å². The summed E-state index contributed by atoms with van der Waals surface area (Å²) in [6, 6.07) is 4.91. The zero-order chi connectivity index (χ0) is 15.3. The number of hydrogen-bond acceptors (Lipinski definition) is 3. The number of carboxylic acid groups (broad SMARTS) is 1. The minimum absolute atomic E-state index is 0.124. The number of hydrogen-bond donors (Lipinski definition) is 2. The molecule has 0 aliphatic rings. The molecule has 0 aromatic heterocycles. The van der Waals surface area contributed by atoms with Crippen LogP contribution in [0.25, 0.3) is 0 Å². The zero-order valence-electron chi connectivity index (χ0n) is 11.2. The van der Waals surface area contributed by atoms with Gasteiger partial charge in [0.05, 0.1) is 6.42 Å². The van der Waals surface area contributed by atoms with Crippen molar-refractivity contribution in [2.75, 3.05) is 13.6 Å². The molecule has 1 atom stereocenters. The Morgan fingerprint density at radius 3 is 2.45 bits per heavy atom. The van der Waals surface area contributed by atoms with Crippen LogP contribution in [0.15, 0.2) is 24.3 Å². The van der Waals surface area contributed by atoms with Crippen LogP contribution in [0, 0.1) is 5.82 Å². The smallest absolute Gasteiger partial charge is 0.304 e. The summed E-state index contributed by atoms with van der Waals surface area (Å²) in [7, 11) is -2.49. The van der Waals surface area contributed by atoms with Crippen LogP contribution in [0.1, 0.15) is 24.9 Å². The summed E-state index contributed by atoms with van der Waals surface area (Å²) in [5, 5.41) is 8.54. The highest BCUT2D eigenvalue weighted by atomic mass is 32.2. The largest absolute Gasteiger partial charge is 0.481 e. The molecule has 0 heterocycles. The first-order valence-electron chi connectivity index (χ1n) is 5.93. The van der Waals surface area contributed by atoms with Gasteiger partial charge in [0.15, 0.2) is 0 Å². The van der Waals surface area contributed by atoms with Crippen LogP contribution in [0.2, 0.25) is 0 Å². The van der Waals surface area contributed by atoms with E-state index >= 15 is 0 Å². The summed E-state index contributed by atoms with van der Waals surface area (Å²) in [5.74, 6) is -1.47. The van der Waals surface area contributed by atoms with Crippen molar-refractivity contribution >= 4 is 16.2 Å². The molecule has 0 saturated heterocycles. The highest BCUT2D eigenvalue weighted by Crippen LogP contribution is 2.14. The molecule has 0 radical (unpaired) electrons. The Balaban J connectivity index is 2.69. The van der Waals surface area contributed by atoms with Gasteiger partial charge < -0.3 is 5.11 Å². The van der Waals surface area contributed by atoms with Crippen molar-refractivity contribution in [1.29, 1.82) is 0 Å². The fraction of sp³-hybridized carbons (Fsp3) is 0.417. The standard InChI is InChI=1S/C12H17FN2O4S/c1-9(10-3-5-11(13)6-4-10)14-20(18,19)15(2)8-7-12(16)17/h3-6,9,14H,7-8H2,1-2H3,(H,16,17)/t9-/m0/s1. The van der Waals surface area contributed by atoms with E-state index in [1.165, 1.54) is 31.3 Å². The highest BCUT2D eigenvalue weighted by Gasteiger charge is 2.21. The lowest BCUT2D eigenvalue weighted by Crippen LogP contribution is -2.40. The molecule has 0 amide bonds. The van der Waals surface area contributed by atoms with Gasteiger partial charge in [0.2, 0.25) is 0 Å². The monoisotopic (exact) mass is 304 g/mol. The SMILES string of the molecule is C[C@H](NS(=O)(=O)N(C)CCC(=O)O)c1ccc(F)cc1. The minimum atomic E-state index is -3.79. The molecule has 0 aliphatic heterocycles. The number of nitrogens with one attached hydrogen (secondary N) is 1. The Morgan fingerprint density at radius 2 is 1.95 bits per heavy atom. The molecule has 2 N–H and O–H groups in total. The number of benzene rings is 1. The molecule has 0 saturated carbocycles. The summed E-state index contributed by atoms with van der Waals surface area (Å²) in [6.45, 7) is 1.50. The van der Waals surface area contributed by atoms with Gasteiger partial charge in [0.1, 0.15) is 5.82 Å². The molecule has 20 heavy (non-hydrogen) atoms. The van der Waals surface area contributed by atoms with E-state index in [2.05, 4.69) is 4.72 Å². The average Bonchev–Trinajstić information content (AvgIpc) is 2.35. The summed E-state index contributed by atoms with van der Waals surface area (Å²) in [4.78, 5) is 10.4. The number of carbonyl (C=O) groups is 1. The molecular formula is C12H17FN2O4S. The molecule has 0 bridgehead atoms. The van der Waals surface area contributed by atoms with Gasteiger partial charge >= 0.3 is 5.97 Å². The number of halogens is 1. The van der Waals surface area contributed by atoms with Gasteiger partial charge in [0.25, 0.3) is 10.2 Å². The Bertz CT molecular complexity index is 559. The zero-order valence-corrected chi connectivity index (χ0v) is 12.0. The highest BCUT2D eigenvalue weighted by molar-refractivity contribution is 7.87. The van der Waals surface area contributed by atoms with Crippen molar-refractivity contribution in [1.82, 2.24) is 9.03 Å². The second-order valence-corrected chi connectivity index (χ2v) is 6.17. The van der Waals surface area contributed by atoms with E-state index in [9.17, 15) is 17.6 Å². The van der Waals surface area contributed by atoms with Crippen LogP contribution >= 0.6 is 0 Å². The topological polar surface area (TPSA) is 86.7 Å². The second-order valence-electron chi connectivity index (χ2n) is 4.36. The van der Waals surface area contributed by atoms with Crippen LogP contribution in [0.4, 0.5) is 4.39 Å². The van der Waals surface area contributed by atoms with Crippen LogP contribution in [0.5, 0.6) is 0 Å². The van der Waals surface area contributed by atoms with E-state index < -0.39 is 28.0 Å². The van der Waals surface area contributed by atoms with E-state index in [4.69, 9.17) is 5.11 Å². The van der Waals surface area contributed by atoms with Crippen LogP contribution in [-0.4, -0.2) is 37.4 Å². The summed E-state index contributed by atoms with van der Waals surface area (Å²) in [5.41, 5.74) is 0.613. The van der Waals surface area contributed by atoms with Gasteiger partial charge in [-0.2, -0.15) is 17.4 Å². The first-order valence-corrected chi connectivity index (χ1v) is 7.37. The molecule has 0 fully saturated rings. The van der Waals surface area contributed by atoms with Crippen molar-refractivity contribution in [3.05, 3.63) is 35.6 Å². The molecular weight excluding hydrogens is 287 g/mol. The second kappa shape index (κ2) is 6.78. The van der Waals surface area contributed by atoms with Crippen molar-refractivity contribution < 1.29 is 22.7 Å². The van der Waals surface area contributed by atoms with E-state index in [-0.39, 0.29) is 13.0 Å². The average molecular weight is 304 g/mol. The third kappa shape index (κ3) is 4.87. The lowest BCUT2D eigenvalue weighted by atomic mass is 10.1. The first-order chi connectivity index (χ1) is 9.22. The van der Waals surface area contributed by atoms with Crippen molar-refractivity contribution in [2.24, 2.45) is 0 Å². The van der Waals surface area contributed by atoms with Crippen LogP contribution in [0.3, 0.4) is 0 Å². The van der Waals surface area contributed by atoms with Crippen molar-refractivity contribution in [2.45, 2.75) is 19.4 Å². The van der Waals surface area contributed by atoms with Gasteiger partial charge in [-0.3, -0.25) is 4.79 Å². The number of carboxylic acids is 1. The van der Waals surface area contributed by atoms with Gasteiger partial charge in [-0.05, 0) is 24.6 Å². The lowest BCUT2D eigenvalue weighted by Gasteiger charge is -2.20. The predicted octanol–water partition coefficient (Wildman–Crippen LogP) is 1.13. The predicted molar refractivity (Wildman–Crippen MR) is 71.8 cm³/mol. The molecule has 1 aromatic rings. The van der Waals surface area contributed by atoms with Gasteiger partial charge in [0, 0.05) is 19.6 Å². The number of aliphatic carboxylic acids is 1. The van der Waals surface area contributed by atoms with Crippen molar-refractivity contribution in [3.8, 4) is 0 Å². The van der Waals surface area contributed by atoms with Crippen LogP contribution in [-0.2, 0) is 15.0 Å². The summed E-state index contributed by atoms with van der Waals surface area (Å²) >= 11 is 0. The van der Waals surface area contributed by atoms with E-state index in [0.29, 0.717) is 5.56 Å².